The van der Waals surface area contributed by atoms with E-state index in [-0.39, 0.29) is 5.91 Å². The van der Waals surface area contributed by atoms with Gasteiger partial charge in [0.15, 0.2) is 0 Å². The van der Waals surface area contributed by atoms with Crippen LogP contribution in [0.3, 0.4) is 0 Å². The van der Waals surface area contributed by atoms with Gasteiger partial charge in [0.05, 0.1) is 5.57 Å². The van der Waals surface area contributed by atoms with Crippen molar-refractivity contribution in [1.82, 2.24) is 4.30 Å². The van der Waals surface area contributed by atoms with Gasteiger partial charge in [0.1, 0.15) is 0 Å². The van der Waals surface area contributed by atoms with E-state index in [9.17, 15) is 4.79 Å². The number of allylic oxidation sites excluding steroid dienone is 3. The van der Waals surface area contributed by atoms with Gasteiger partial charge in [0.25, 0.3) is 0 Å². The lowest BCUT2D eigenvalue weighted by molar-refractivity contribution is -0.115. The molecule has 0 radical (unpaired) electrons. The van der Waals surface area contributed by atoms with Crippen LogP contribution in [0.5, 0.6) is 0 Å². The number of amides is 1. The predicted molar refractivity (Wildman–Crippen MR) is 50.8 cm³/mol. The zero-order chi connectivity index (χ0) is 8.97. The van der Waals surface area contributed by atoms with Gasteiger partial charge < -0.3 is 10.0 Å². The number of hydrogen-bond donors (Lipinski definition) is 2. The van der Waals surface area contributed by atoms with Crippen LogP contribution in [-0.2, 0) is 4.79 Å². The van der Waals surface area contributed by atoms with Crippen LogP contribution in [0.1, 0.15) is 6.42 Å². The SMILES string of the molecule is NC1=C(C(=O)[NH][AlH2])C=CC=CC1. The average molecular weight is 178 g/mol. The first kappa shape index (κ1) is 9.11. The highest BCUT2D eigenvalue weighted by atomic mass is 27.1. The van der Waals surface area contributed by atoms with E-state index >= 15 is 0 Å². The lowest BCUT2D eigenvalue weighted by atomic mass is 10.1. The molecule has 1 amide bonds. The molecule has 0 saturated carbocycles. The summed E-state index contributed by atoms with van der Waals surface area (Å²) in [6.07, 6.45) is 8.04. The maximum Gasteiger partial charge on any atom is 0.364 e. The summed E-state index contributed by atoms with van der Waals surface area (Å²) in [5.74, 6) is -0.0703. The average Bonchev–Trinajstić information content (AvgIpc) is 2.28. The fourth-order valence-electron chi connectivity index (χ4n) is 0.999. The van der Waals surface area contributed by atoms with Crippen LogP contribution in [0.25, 0.3) is 0 Å². The smallest absolute Gasteiger partial charge is 0.364 e. The van der Waals surface area contributed by atoms with E-state index in [1.54, 1.807) is 6.08 Å². The lowest BCUT2D eigenvalue weighted by Gasteiger charge is -2.03. The van der Waals surface area contributed by atoms with E-state index in [4.69, 9.17) is 5.73 Å². The van der Waals surface area contributed by atoms with Crippen LogP contribution in [0.15, 0.2) is 35.6 Å². The summed E-state index contributed by atoms with van der Waals surface area (Å²) < 4.78 is 2.68. The highest BCUT2D eigenvalue weighted by Crippen LogP contribution is 2.09. The molecule has 0 atom stereocenters. The quantitative estimate of drug-likeness (QED) is 0.526. The molecule has 4 heteroatoms. The Hall–Kier alpha value is -0.978. The summed E-state index contributed by atoms with van der Waals surface area (Å²) in [5.41, 5.74) is 6.91. The van der Waals surface area contributed by atoms with Crippen LogP contribution >= 0.6 is 0 Å². The summed E-state index contributed by atoms with van der Waals surface area (Å²) in [6, 6.07) is 0. The van der Waals surface area contributed by atoms with Gasteiger partial charge in [-0.05, 0) is 6.08 Å². The summed E-state index contributed by atoms with van der Waals surface area (Å²) in [6.45, 7) is 0. The first-order valence-corrected chi connectivity index (χ1v) is 4.79. The van der Waals surface area contributed by atoms with E-state index in [1.165, 1.54) is 0 Å². The molecule has 1 rings (SSSR count). The second kappa shape index (κ2) is 4.15. The molecule has 0 aromatic carbocycles. The summed E-state index contributed by atoms with van der Waals surface area (Å²) in [7, 11) is 0. The van der Waals surface area contributed by atoms with Crippen molar-refractivity contribution in [2.45, 2.75) is 6.42 Å². The van der Waals surface area contributed by atoms with Crippen LogP contribution in [0.4, 0.5) is 0 Å². The minimum absolute atomic E-state index is 0.0703. The van der Waals surface area contributed by atoms with Crippen LogP contribution in [0, 0.1) is 0 Å². The topological polar surface area (TPSA) is 55.1 Å². The predicted octanol–water partition coefficient (Wildman–Crippen LogP) is -0.620. The Morgan fingerprint density at radius 1 is 1.58 bits per heavy atom. The second-order valence-corrected chi connectivity index (χ2v) is 3.01. The van der Waals surface area contributed by atoms with Crippen molar-refractivity contribution in [2.75, 3.05) is 0 Å². The Morgan fingerprint density at radius 3 is 3.00 bits per heavy atom. The number of rotatable bonds is 1. The van der Waals surface area contributed by atoms with Gasteiger partial charge in [0.2, 0.25) is 5.91 Å². The van der Waals surface area contributed by atoms with Gasteiger partial charge in [-0.1, -0.05) is 18.2 Å². The molecule has 3 N–H and O–H groups in total. The molecule has 0 aliphatic heterocycles. The zero-order valence-electron chi connectivity index (χ0n) is 7.00. The molecular weight excluding hydrogens is 167 g/mol. The molecule has 12 heavy (non-hydrogen) atoms. The van der Waals surface area contributed by atoms with Crippen LogP contribution in [0.2, 0.25) is 0 Å². The van der Waals surface area contributed by atoms with Crippen molar-refractivity contribution in [2.24, 2.45) is 5.73 Å². The highest BCUT2D eigenvalue weighted by Gasteiger charge is 2.07. The molecule has 0 aromatic rings. The van der Waals surface area contributed by atoms with Gasteiger partial charge in [0, 0.05) is 12.1 Å². The Kier molecular flexibility index (Phi) is 3.15. The number of carbonyl (C=O) groups excluding carboxylic acids is 1. The minimum Gasteiger partial charge on any atom is -0.448 e. The van der Waals surface area contributed by atoms with E-state index in [0.29, 0.717) is 34.2 Å². The fraction of sp³-hybridized carbons (Fsp3) is 0.125. The van der Waals surface area contributed by atoms with Crippen LogP contribution < -0.4 is 10.0 Å². The van der Waals surface area contributed by atoms with Gasteiger partial charge in [-0.2, -0.15) is 0 Å². The molecule has 0 spiro atoms. The van der Waals surface area contributed by atoms with Gasteiger partial charge in [-0.25, -0.2) is 0 Å². The molecule has 0 aromatic heterocycles. The van der Waals surface area contributed by atoms with E-state index in [0.717, 1.165) is 0 Å². The third-order valence-electron chi connectivity index (χ3n) is 1.67. The molecule has 0 fully saturated rings. The molecule has 1 aliphatic rings. The Bertz CT molecular complexity index is 279. The molecule has 0 saturated heterocycles. The number of nitrogens with one attached hydrogen (secondary N) is 1. The molecule has 3 nitrogen and oxygen atoms in total. The maximum atomic E-state index is 11.2. The first-order chi connectivity index (χ1) is 5.75. The first-order valence-electron chi connectivity index (χ1n) is 3.79. The van der Waals surface area contributed by atoms with Crippen molar-refractivity contribution >= 4 is 22.4 Å². The number of carbonyl (C=O) groups is 1. The number of hydrogen-bond acceptors (Lipinski definition) is 2. The standard InChI is InChI=1S/C8H10N2O.Al.2H/c9-7-5-3-1-2-4-6(7)8(10)11;;;/h1-4H,5H2,(H4,9,10,11);;;/q;+1;;/p-1. The minimum atomic E-state index is -0.0703. The largest absolute Gasteiger partial charge is 0.448 e. The van der Waals surface area contributed by atoms with E-state index < -0.39 is 0 Å². The van der Waals surface area contributed by atoms with Gasteiger partial charge in [-0.3, -0.25) is 4.79 Å². The van der Waals surface area contributed by atoms with Gasteiger partial charge >= 0.3 is 16.5 Å². The molecule has 0 bridgehead atoms. The lowest BCUT2D eigenvalue weighted by Crippen LogP contribution is -2.23. The molecule has 0 heterocycles. The van der Waals surface area contributed by atoms with Crippen molar-refractivity contribution in [3.63, 3.8) is 0 Å². The van der Waals surface area contributed by atoms with Crippen molar-refractivity contribution < 1.29 is 4.79 Å². The summed E-state index contributed by atoms with van der Waals surface area (Å²) in [5, 5.41) is 0. The Morgan fingerprint density at radius 2 is 2.33 bits per heavy atom. The maximum absolute atomic E-state index is 11.2. The molecule has 1 aliphatic carbocycles. The fourth-order valence-corrected chi connectivity index (χ4v) is 1.27. The molecular formula is C8H11AlN2O. The van der Waals surface area contributed by atoms with Crippen LogP contribution in [-0.4, -0.2) is 22.4 Å². The van der Waals surface area contributed by atoms with Crippen molar-refractivity contribution in [1.29, 1.82) is 0 Å². The molecule has 0 unspecified atom stereocenters. The van der Waals surface area contributed by atoms with Crippen molar-refractivity contribution in [3.05, 3.63) is 35.6 Å². The number of nitrogens with two attached hydrogens (primary N) is 1. The van der Waals surface area contributed by atoms with Gasteiger partial charge in [-0.15, -0.1) is 0 Å². The third kappa shape index (κ3) is 2.00. The Balaban J connectivity index is 2.93. The zero-order valence-corrected chi connectivity index (χ0v) is 9.00. The third-order valence-corrected chi connectivity index (χ3v) is 2.12. The monoisotopic (exact) mass is 178 g/mol. The summed E-state index contributed by atoms with van der Waals surface area (Å²) in [4.78, 5) is 11.2. The highest BCUT2D eigenvalue weighted by molar-refractivity contribution is 6.18. The molecule has 62 valence electrons. The van der Waals surface area contributed by atoms with E-state index in [2.05, 4.69) is 4.30 Å². The normalized spacial score (nSPS) is 16.0. The summed E-state index contributed by atoms with van der Waals surface area (Å²) >= 11 is 0.653. The van der Waals surface area contributed by atoms with E-state index in [1.807, 2.05) is 18.2 Å². The van der Waals surface area contributed by atoms with Crippen molar-refractivity contribution in [3.8, 4) is 0 Å². The second-order valence-electron chi connectivity index (χ2n) is 2.51. The Labute approximate surface area is 79.7 Å².